The minimum Gasteiger partial charge on any atom is -0.368 e. The molecule has 4 nitrogen and oxygen atoms in total. The van der Waals surface area contributed by atoms with Crippen molar-refractivity contribution >= 4 is 34.4 Å². The van der Waals surface area contributed by atoms with Gasteiger partial charge in [0.2, 0.25) is 5.91 Å². The molecule has 0 radical (unpaired) electrons. The van der Waals surface area contributed by atoms with E-state index in [0.29, 0.717) is 17.7 Å². The maximum atomic E-state index is 13.6. The van der Waals surface area contributed by atoms with Gasteiger partial charge >= 0.3 is 0 Å². The highest BCUT2D eigenvalue weighted by atomic mass is 127. The molecule has 0 aliphatic rings. The normalized spacial score (nSPS) is 11.8. The summed E-state index contributed by atoms with van der Waals surface area (Å²) < 4.78 is 41.1. The van der Waals surface area contributed by atoms with Gasteiger partial charge in [-0.3, -0.25) is 9.59 Å². The predicted molar refractivity (Wildman–Crippen MR) is 89.6 cm³/mol. The van der Waals surface area contributed by atoms with Crippen molar-refractivity contribution in [3.63, 3.8) is 0 Å². The number of carbonyl (C=O) groups excluding carboxylic acids is 2. The van der Waals surface area contributed by atoms with Crippen LogP contribution in [0.1, 0.15) is 15.9 Å². The molecule has 0 unspecified atom stereocenters. The minimum atomic E-state index is -1.36. The van der Waals surface area contributed by atoms with Crippen LogP contribution in [-0.4, -0.2) is 17.9 Å². The van der Waals surface area contributed by atoms with E-state index in [1.54, 1.807) is 24.3 Å². The van der Waals surface area contributed by atoms with Crippen LogP contribution in [0.5, 0.6) is 0 Å². The largest absolute Gasteiger partial charge is 0.368 e. The second kappa shape index (κ2) is 7.65. The van der Waals surface area contributed by atoms with Gasteiger partial charge in [-0.15, -0.1) is 0 Å². The number of rotatable bonds is 5. The van der Waals surface area contributed by atoms with Crippen LogP contribution < -0.4 is 11.1 Å². The van der Waals surface area contributed by atoms with E-state index in [4.69, 9.17) is 5.73 Å². The Morgan fingerprint density at radius 1 is 1.08 bits per heavy atom. The van der Waals surface area contributed by atoms with E-state index < -0.39 is 40.9 Å². The number of primary amides is 1. The summed E-state index contributed by atoms with van der Waals surface area (Å²) in [4.78, 5) is 23.6. The highest BCUT2D eigenvalue weighted by molar-refractivity contribution is 14.1. The molecule has 1 atom stereocenters. The van der Waals surface area contributed by atoms with Crippen LogP contribution in [-0.2, 0) is 11.2 Å². The summed E-state index contributed by atoms with van der Waals surface area (Å²) >= 11 is 2.11. The lowest BCUT2D eigenvalue weighted by molar-refractivity contribution is -0.119. The van der Waals surface area contributed by atoms with Crippen molar-refractivity contribution in [2.45, 2.75) is 12.5 Å². The van der Waals surface area contributed by atoms with E-state index in [2.05, 4.69) is 27.9 Å². The average Bonchev–Trinajstić information content (AvgIpc) is 2.47. The molecule has 24 heavy (non-hydrogen) atoms. The first kappa shape index (κ1) is 18.2. The van der Waals surface area contributed by atoms with Gasteiger partial charge in [-0.25, -0.2) is 13.2 Å². The summed E-state index contributed by atoms with van der Waals surface area (Å²) in [6, 6.07) is 6.68. The molecule has 8 heteroatoms. The fourth-order valence-electron chi connectivity index (χ4n) is 2.07. The molecule has 126 valence electrons. The minimum absolute atomic E-state index is 0.0580. The molecule has 0 bridgehead atoms. The molecule has 0 saturated heterocycles. The van der Waals surface area contributed by atoms with Crippen LogP contribution in [0.4, 0.5) is 13.2 Å². The van der Waals surface area contributed by atoms with Gasteiger partial charge in [-0.2, -0.15) is 0 Å². The van der Waals surface area contributed by atoms with Crippen molar-refractivity contribution in [2.75, 3.05) is 0 Å². The molecule has 2 amide bonds. The molecular formula is C16H12F3IN2O2. The van der Waals surface area contributed by atoms with Crippen LogP contribution in [0.2, 0.25) is 0 Å². The lowest BCUT2D eigenvalue weighted by Crippen LogP contribution is -2.46. The molecule has 2 rings (SSSR count). The molecule has 0 aliphatic heterocycles. The second-order valence-corrected chi connectivity index (χ2v) is 6.25. The highest BCUT2D eigenvalue weighted by Crippen LogP contribution is 2.15. The maximum Gasteiger partial charge on any atom is 0.257 e. The van der Waals surface area contributed by atoms with E-state index in [1.165, 1.54) is 0 Å². The Hall–Kier alpha value is -2.10. The van der Waals surface area contributed by atoms with E-state index >= 15 is 0 Å². The van der Waals surface area contributed by atoms with Crippen LogP contribution in [0, 0.1) is 21.0 Å². The number of hydrogen-bond donors (Lipinski definition) is 2. The summed E-state index contributed by atoms with van der Waals surface area (Å²) in [6.07, 6.45) is 0.0580. The van der Waals surface area contributed by atoms with Crippen LogP contribution in [0.3, 0.4) is 0 Å². The number of hydrogen-bond acceptors (Lipinski definition) is 2. The van der Waals surface area contributed by atoms with Gasteiger partial charge in [0, 0.05) is 22.1 Å². The Labute approximate surface area is 149 Å². The molecule has 0 aromatic heterocycles. The first-order valence-electron chi connectivity index (χ1n) is 6.77. The number of halogens is 4. The summed E-state index contributed by atoms with van der Waals surface area (Å²) in [5.74, 6) is -5.90. The zero-order valence-electron chi connectivity index (χ0n) is 12.2. The topological polar surface area (TPSA) is 72.2 Å². The molecule has 0 heterocycles. The third kappa shape index (κ3) is 4.47. The third-order valence-corrected chi connectivity index (χ3v) is 3.95. The van der Waals surface area contributed by atoms with Crippen molar-refractivity contribution < 1.29 is 22.8 Å². The number of carbonyl (C=O) groups is 2. The number of nitrogens with one attached hydrogen (secondary N) is 1. The summed E-state index contributed by atoms with van der Waals surface area (Å²) in [5, 5.41) is 2.18. The number of benzene rings is 2. The van der Waals surface area contributed by atoms with Gasteiger partial charge in [0.1, 0.15) is 29.1 Å². The van der Waals surface area contributed by atoms with Gasteiger partial charge in [0.25, 0.3) is 5.91 Å². The lowest BCUT2D eigenvalue weighted by Gasteiger charge is -2.16. The van der Waals surface area contributed by atoms with Crippen molar-refractivity contribution in [3.8, 4) is 0 Å². The zero-order chi connectivity index (χ0) is 17.9. The van der Waals surface area contributed by atoms with Crippen LogP contribution in [0.15, 0.2) is 36.4 Å². The van der Waals surface area contributed by atoms with Crippen molar-refractivity contribution in [1.29, 1.82) is 0 Å². The standard InChI is InChI=1S/C16H12F3IN2O2/c17-9-6-11(18)14(12(19)7-9)16(24)22-13(15(21)23)5-8-1-3-10(20)4-2-8/h1-4,6-7,13H,5H2,(H2,21,23)(H,22,24)/t13-/m0/s1. The Morgan fingerprint density at radius 3 is 2.12 bits per heavy atom. The average molecular weight is 448 g/mol. The van der Waals surface area contributed by atoms with E-state index in [0.717, 1.165) is 3.57 Å². The molecule has 3 N–H and O–H groups in total. The van der Waals surface area contributed by atoms with Crippen LogP contribution >= 0.6 is 22.6 Å². The Kier molecular flexibility index (Phi) is 5.81. The third-order valence-electron chi connectivity index (χ3n) is 3.24. The van der Waals surface area contributed by atoms with Gasteiger partial charge in [-0.05, 0) is 40.3 Å². The number of nitrogens with two attached hydrogens (primary N) is 1. The Bertz CT molecular complexity index is 758. The van der Waals surface area contributed by atoms with Crippen molar-refractivity contribution in [1.82, 2.24) is 5.32 Å². The van der Waals surface area contributed by atoms with Gasteiger partial charge in [-0.1, -0.05) is 12.1 Å². The molecule has 0 spiro atoms. The first-order valence-corrected chi connectivity index (χ1v) is 7.85. The zero-order valence-corrected chi connectivity index (χ0v) is 14.3. The second-order valence-electron chi connectivity index (χ2n) is 5.00. The smallest absolute Gasteiger partial charge is 0.257 e. The molecule has 0 fully saturated rings. The van der Waals surface area contributed by atoms with Crippen LogP contribution in [0.25, 0.3) is 0 Å². The van der Waals surface area contributed by atoms with E-state index in [-0.39, 0.29) is 6.42 Å². The summed E-state index contributed by atoms with van der Waals surface area (Å²) in [5.41, 5.74) is 4.98. The van der Waals surface area contributed by atoms with Gasteiger partial charge < -0.3 is 11.1 Å². The molecular weight excluding hydrogens is 436 g/mol. The van der Waals surface area contributed by atoms with Crippen molar-refractivity contribution in [3.05, 3.63) is 68.5 Å². The van der Waals surface area contributed by atoms with Gasteiger partial charge in [0.05, 0.1) is 0 Å². The maximum absolute atomic E-state index is 13.6. The molecule has 0 saturated carbocycles. The highest BCUT2D eigenvalue weighted by Gasteiger charge is 2.24. The van der Waals surface area contributed by atoms with Gasteiger partial charge in [0.15, 0.2) is 0 Å². The summed E-state index contributed by atoms with van der Waals surface area (Å²) in [7, 11) is 0. The fraction of sp³-hybridized carbons (Fsp3) is 0.125. The lowest BCUT2D eigenvalue weighted by atomic mass is 10.0. The molecule has 2 aromatic carbocycles. The predicted octanol–water partition coefficient (Wildman–Crippen LogP) is 2.53. The fourth-order valence-corrected chi connectivity index (χ4v) is 2.43. The Morgan fingerprint density at radius 2 is 1.62 bits per heavy atom. The quantitative estimate of drug-likeness (QED) is 0.691. The monoisotopic (exact) mass is 448 g/mol. The SMILES string of the molecule is NC(=O)[C@H](Cc1ccc(I)cc1)NC(=O)c1c(F)cc(F)cc1F. The Balaban J connectivity index is 2.20. The molecule has 0 aliphatic carbocycles. The first-order chi connectivity index (χ1) is 11.3. The molecule has 2 aromatic rings. The van der Waals surface area contributed by atoms with E-state index in [9.17, 15) is 22.8 Å². The van der Waals surface area contributed by atoms with Crippen molar-refractivity contribution in [2.24, 2.45) is 5.73 Å². The summed E-state index contributed by atoms with van der Waals surface area (Å²) in [6.45, 7) is 0. The number of amides is 2. The van der Waals surface area contributed by atoms with E-state index in [1.807, 2.05) is 0 Å².